The number of nitrogens with one attached hydrogen (secondary N) is 1. The van der Waals surface area contributed by atoms with Gasteiger partial charge in [0.25, 0.3) is 5.56 Å². The molecule has 3 aromatic rings. The Bertz CT molecular complexity index is 979. The molecule has 1 unspecified atom stereocenters. The average Bonchev–Trinajstić information content (AvgIpc) is 2.69. The zero-order chi connectivity index (χ0) is 18.1. The Balaban J connectivity index is 1.82. The van der Waals surface area contributed by atoms with Crippen molar-refractivity contribution in [1.82, 2.24) is 14.7 Å². The number of hydrogen-bond acceptors (Lipinski definition) is 5. The third-order valence-electron chi connectivity index (χ3n) is 5.12. The lowest BCUT2D eigenvalue weighted by Crippen LogP contribution is -2.47. The van der Waals surface area contributed by atoms with Crippen LogP contribution in [-0.4, -0.2) is 38.3 Å². The van der Waals surface area contributed by atoms with Gasteiger partial charge in [-0.05, 0) is 43.6 Å². The van der Waals surface area contributed by atoms with Crippen molar-refractivity contribution >= 4 is 5.65 Å². The maximum Gasteiger partial charge on any atom is 0.263 e. The smallest absolute Gasteiger partial charge is 0.263 e. The number of benzene rings is 1. The molecule has 3 N–H and O–H groups in total. The van der Waals surface area contributed by atoms with Crippen LogP contribution in [0.1, 0.15) is 24.5 Å². The van der Waals surface area contributed by atoms with Gasteiger partial charge in [-0.1, -0.05) is 30.3 Å². The van der Waals surface area contributed by atoms with E-state index < -0.39 is 11.7 Å². The van der Waals surface area contributed by atoms with Gasteiger partial charge >= 0.3 is 0 Å². The van der Waals surface area contributed by atoms with Crippen LogP contribution in [-0.2, 0) is 0 Å². The van der Waals surface area contributed by atoms with Crippen molar-refractivity contribution in [2.45, 2.75) is 24.5 Å². The van der Waals surface area contributed by atoms with Crippen molar-refractivity contribution in [2.24, 2.45) is 0 Å². The lowest BCUT2D eigenvalue weighted by Gasteiger charge is -2.36. The van der Waals surface area contributed by atoms with Crippen molar-refractivity contribution in [1.29, 1.82) is 0 Å². The highest BCUT2D eigenvalue weighted by molar-refractivity contribution is 5.77. The van der Waals surface area contributed by atoms with Crippen LogP contribution in [0.3, 0.4) is 0 Å². The molecule has 1 saturated heterocycles. The minimum atomic E-state index is -1.31. The number of nitrogens with zero attached hydrogens (tertiary/aromatic N) is 2. The van der Waals surface area contributed by atoms with Gasteiger partial charge in [-0.15, -0.1) is 0 Å². The molecule has 1 atom stereocenters. The van der Waals surface area contributed by atoms with Crippen LogP contribution in [0.4, 0.5) is 0 Å². The topological polar surface area (TPSA) is 86.9 Å². The summed E-state index contributed by atoms with van der Waals surface area (Å²) in [5.74, 6) is 0. The van der Waals surface area contributed by atoms with Crippen LogP contribution >= 0.6 is 0 Å². The first-order valence-corrected chi connectivity index (χ1v) is 8.77. The molecular weight excluding hydrogens is 330 g/mol. The van der Waals surface area contributed by atoms with Crippen LogP contribution in [0.25, 0.3) is 16.8 Å². The molecule has 134 valence electrons. The van der Waals surface area contributed by atoms with E-state index in [2.05, 4.69) is 10.3 Å². The normalized spacial score (nSPS) is 17.9. The molecule has 0 radical (unpaired) electrons. The predicted molar refractivity (Wildman–Crippen MR) is 98.9 cm³/mol. The fourth-order valence-corrected chi connectivity index (χ4v) is 3.57. The number of piperidine rings is 1. The third kappa shape index (κ3) is 2.82. The summed E-state index contributed by atoms with van der Waals surface area (Å²) >= 11 is 0. The highest BCUT2D eigenvalue weighted by Crippen LogP contribution is 2.32. The van der Waals surface area contributed by atoms with Gasteiger partial charge < -0.3 is 15.5 Å². The molecule has 6 nitrogen and oxygen atoms in total. The van der Waals surface area contributed by atoms with E-state index in [4.69, 9.17) is 0 Å². The summed E-state index contributed by atoms with van der Waals surface area (Å²) in [6.45, 7) is 1.21. The number of fused-ring (bicyclic) bond motifs is 1. The summed E-state index contributed by atoms with van der Waals surface area (Å²) in [6, 6.07) is 13.4. The van der Waals surface area contributed by atoms with E-state index in [1.807, 2.05) is 36.4 Å². The number of aliphatic hydroxyl groups excluding tert-OH is 1. The standard InChI is InChI=1S/C20H21N3O3/c24-17(20(26)8-10-21-11-9-20)16-13-22-18-15(14-5-2-1-3-6-14)7-4-12-23(18)19(16)25/h1-7,12-13,17,21,24,26H,8-11H2. The molecule has 2 aromatic heterocycles. The van der Waals surface area contributed by atoms with Gasteiger partial charge in [0.15, 0.2) is 0 Å². The lowest BCUT2D eigenvalue weighted by atomic mass is 9.84. The molecule has 0 saturated carbocycles. The molecule has 1 aliphatic rings. The van der Waals surface area contributed by atoms with Gasteiger partial charge in [-0.3, -0.25) is 9.20 Å². The zero-order valence-electron chi connectivity index (χ0n) is 14.3. The lowest BCUT2D eigenvalue weighted by molar-refractivity contribution is -0.0956. The summed E-state index contributed by atoms with van der Waals surface area (Å²) in [5.41, 5.74) is 0.785. The number of pyridine rings is 1. The van der Waals surface area contributed by atoms with Gasteiger partial charge in [0.1, 0.15) is 11.8 Å². The van der Waals surface area contributed by atoms with E-state index in [1.54, 1.807) is 12.3 Å². The Kier molecular flexibility index (Phi) is 4.32. The molecule has 4 rings (SSSR count). The number of aromatic nitrogens is 2. The Morgan fingerprint density at radius 1 is 1.12 bits per heavy atom. The zero-order valence-corrected chi connectivity index (χ0v) is 14.3. The monoisotopic (exact) mass is 351 g/mol. The minimum Gasteiger partial charge on any atom is -0.387 e. The van der Waals surface area contributed by atoms with Gasteiger partial charge in [0, 0.05) is 18.0 Å². The van der Waals surface area contributed by atoms with Crippen molar-refractivity contribution in [3.63, 3.8) is 0 Å². The van der Waals surface area contributed by atoms with Gasteiger partial charge in [0.05, 0.1) is 11.2 Å². The molecule has 0 aliphatic carbocycles. The fourth-order valence-electron chi connectivity index (χ4n) is 3.57. The molecule has 0 amide bonds. The second kappa shape index (κ2) is 6.64. The maximum absolute atomic E-state index is 13.0. The molecule has 1 fully saturated rings. The summed E-state index contributed by atoms with van der Waals surface area (Å²) in [5, 5.41) is 24.6. The predicted octanol–water partition coefficient (Wildman–Crippen LogP) is 1.51. The first kappa shape index (κ1) is 16.9. The number of aliphatic hydroxyl groups is 2. The Hall–Kier alpha value is -2.54. The second-order valence-corrected chi connectivity index (χ2v) is 6.76. The van der Waals surface area contributed by atoms with Crippen LogP contribution in [0, 0.1) is 0 Å². The molecule has 0 bridgehead atoms. The van der Waals surface area contributed by atoms with E-state index in [0.29, 0.717) is 31.6 Å². The molecule has 0 spiro atoms. The minimum absolute atomic E-state index is 0.122. The third-order valence-corrected chi connectivity index (χ3v) is 5.12. The van der Waals surface area contributed by atoms with Gasteiger partial charge in [-0.2, -0.15) is 0 Å². The van der Waals surface area contributed by atoms with Gasteiger partial charge in [0.2, 0.25) is 0 Å². The molecular formula is C20H21N3O3. The highest BCUT2D eigenvalue weighted by Gasteiger charge is 2.39. The van der Waals surface area contributed by atoms with Crippen molar-refractivity contribution in [3.05, 3.63) is 70.8 Å². The average molecular weight is 351 g/mol. The molecule has 1 aliphatic heterocycles. The van der Waals surface area contributed by atoms with Gasteiger partial charge in [-0.25, -0.2) is 4.98 Å². The summed E-state index contributed by atoms with van der Waals surface area (Å²) < 4.78 is 1.44. The Morgan fingerprint density at radius 2 is 1.85 bits per heavy atom. The van der Waals surface area contributed by atoms with E-state index in [1.165, 1.54) is 10.6 Å². The summed E-state index contributed by atoms with van der Waals surface area (Å²) in [4.78, 5) is 17.4. The Morgan fingerprint density at radius 3 is 2.58 bits per heavy atom. The molecule has 3 heterocycles. The van der Waals surface area contributed by atoms with Crippen LogP contribution in [0.15, 0.2) is 59.7 Å². The Labute approximate surface area is 150 Å². The SMILES string of the molecule is O=c1c(C(O)C2(O)CCNCC2)cnc2c(-c3ccccc3)cccn12. The van der Waals surface area contributed by atoms with E-state index >= 15 is 0 Å². The van der Waals surface area contributed by atoms with Crippen molar-refractivity contribution in [2.75, 3.05) is 13.1 Å². The van der Waals surface area contributed by atoms with Crippen LogP contribution < -0.4 is 10.9 Å². The highest BCUT2D eigenvalue weighted by atomic mass is 16.3. The maximum atomic E-state index is 13.0. The molecule has 6 heteroatoms. The van der Waals surface area contributed by atoms with Crippen LogP contribution in [0.2, 0.25) is 0 Å². The summed E-state index contributed by atoms with van der Waals surface area (Å²) in [6.07, 6.45) is 2.55. The van der Waals surface area contributed by atoms with E-state index in [9.17, 15) is 15.0 Å². The van der Waals surface area contributed by atoms with Crippen LogP contribution in [0.5, 0.6) is 0 Å². The number of rotatable bonds is 3. The van der Waals surface area contributed by atoms with Crippen molar-refractivity contribution in [3.8, 4) is 11.1 Å². The summed E-state index contributed by atoms with van der Waals surface area (Å²) in [7, 11) is 0. The first-order valence-electron chi connectivity index (χ1n) is 8.77. The van der Waals surface area contributed by atoms with Crippen molar-refractivity contribution < 1.29 is 10.2 Å². The quantitative estimate of drug-likeness (QED) is 0.666. The molecule has 1 aromatic carbocycles. The van der Waals surface area contributed by atoms with E-state index in [0.717, 1.165) is 11.1 Å². The largest absolute Gasteiger partial charge is 0.387 e. The fraction of sp³-hybridized carbons (Fsp3) is 0.300. The first-order chi connectivity index (χ1) is 12.6. The van der Waals surface area contributed by atoms with E-state index in [-0.39, 0.29) is 11.1 Å². The number of hydrogen-bond donors (Lipinski definition) is 3. The molecule has 26 heavy (non-hydrogen) atoms. The second-order valence-electron chi connectivity index (χ2n) is 6.76.